The van der Waals surface area contributed by atoms with E-state index in [0.717, 1.165) is 6.08 Å². The molecule has 0 aliphatic heterocycles. The van der Waals surface area contributed by atoms with E-state index in [1.807, 2.05) is 15.9 Å². The highest BCUT2D eigenvalue weighted by Crippen LogP contribution is 2.42. The molecule has 0 saturated carbocycles. The molecule has 0 rings (SSSR count). The quantitative estimate of drug-likeness (QED) is 0.426. The fraction of sp³-hybridized carbons (Fsp3) is 0.714. The first kappa shape index (κ1) is 13.3. The average molecular weight is 281 g/mol. The molecule has 0 aromatic rings. The molecule has 0 bridgehead atoms. The smallest absolute Gasteiger partial charge is 0.352 e. The zero-order valence-corrected chi connectivity index (χ0v) is 9.21. The molecule has 0 spiro atoms. The lowest BCUT2D eigenvalue weighted by molar-refractivity contribution is 0.0214. The Kier molecular flexibility index (Phi) is 5.32. The Labute approximate surface area is 88.0 Å². The van der Waals surface area contributed by atoms with E-state index >= 15 is 0 Å². The molecule has 0 heterocycles. The summed E-state index contributed by atoms with van der Waals surface area (Å²) < 4.78 is 42.3. The Morgan fingerprint density at radius 1 is 1.46 bits per heavy atom. The Bertz CT molecular complexity index is 179. The first-order valence-corrected chi connectivity index (χ1v) is 4.68. The molecular formula is C7H9BrClF3O. The molecule has 78 valence electrons. The molecule has 0 saturated heterocycles. The van der Waals surface area contributed by atoms with Crippen molar-refractivity contribution in [1.82, 2.24) is 0 Å². The molecule has 1 atom stereocenters. The highest BCUT2D eigenvalue weighted by Gasteiger charge is 2.49. The SMILES string of the molecule is CCOC/C=C/C(F)(Cl)C(F)(F)Br. The molecule has 0 aromatic carbocycles. The predicted molar refractivity (Wildman–Crippen MR) is 49.2 cm³/mol. The standard InChI is InChI=1S/C7H9BrClF3O/c1-2-13-5-3-4-6(9,10)7(8,11)12/h3-4H,2,5H2,1H3/b4-3+. The predicted octanol–water partition coefficient (Wildman–Crippen LogP) is 3.47. The zero-order valence-electron chi connectivity index (χ0n) is 6.87. The summed E-state index contributed by atoms with van der Waals surface area (Å²) in [5.74, 6) is 0. The van der Waals surface area contributed by atoms with Crippen LogP contribution in [0.5, 0.6) is 0 Å². The third-order valence-electron chi connectivity index (χ3n) is 1.12. The van der Waals surface area contributed by atoms with Crippen molar-refractivity contribution in [3.8, 4) is 0 Å². The van der Waals surface area contributed by atoms with Gasteiger partial charge in [-0.15, -0.1) is 0 Å². The maximum Gasteiger partial charge on any atom is 0.352 e. The largest absolute Gasteiger partial charge is 0.378 e. The average Bonchev–Trinajstić information content (AvgIpc) is 1.96. The molecule has 0 amide bonds. The van der Waals surface area contributed by atoms with Crippen molar-refractivity contribution in [3.05, 3.63) is 12.2 Å². The normalized spacial score (nSPS) is 17.7. The van der Waals surface area contributed by atoms with E-state index in [1.54, 1.807) is 6.92 Å². The first-order chi connectivity index (χ1) is 5.81. The molecule has 0 radical (unpaired) electrons. The second kappa shape index (κ2) is 5.22. The zero-order chi connectivity index (χ0) is 10.5. The maximum absolute atomic E-state index is 12.9. The van der Waals surface area contributed by atoms with Crippen LogP contribution in [0.1, 0.15) is 6.92 Å². The van der Waals surface area contributed by atoms with Gasteiger partial charge in [0.05, 0.1) is 6.61 Å². The van der Waals surface area contributed by atoms with Crippen molar-refractivity contribution in [3.63, 3.8) is 0 Å². The van der Waals surface area contributed by atoms with Crippen LogP contribution in [0.2, 0.25) is 0 Å². The van der Waals surface area contributed by atoms with Crippen LogP contribution < -0.4 is 0 Å². The molecule has 1 nitrogen and oxygen atoms in total. The van der Waals surface area contributed by atoms with Crippen molar-refractivity contribution in [2.45, 2.75) is 16.9 Å². The van der Waals surface area contributed by atoms with E-state index in [9.17, 15) is 13.2 Å². The summed E-state index contributed by atoms with van der Waals surface area (Å²) in [5.41, 5.74) is 0. The minimum atomic E-state index is -3.79. The number of halogens is 5. The number of rotatable bonds is 5. The van der Waals surface area contributed by atoms with Gasteiger partial charge in [0.25, 0.3) is 5.13 Å². The number of ether oxygens (including phenoxy) is 1. The van der Waals surface area contributed by atoms with Gasteiger partial charge in [-0.25, -0.2) is 4.39 Å². The van der Waals surface area contributed by atoms with Gasteiger partial charge in [0.2, 0.25) is 0 Å². The summed E-state index contributed by atoms with van der Waals surface area (Å²) >= 11 is 6.72. The third-order valence-corrected chi connectivity index (χ3v) is 2.29. The van der Waals surface area contributed by atoms with E-state index < -0.39 is 9.96 Å². The van der Waals surface area contributed by atoms with Gasteiger partial charge in [0, 0.05) is 6.61 Å². The van der Waals surface area contributed by atoms with E-state index in [0.29, 0.717) is 12.7 Å². The van der Waals surface area contributed by atoms with Gasteiger partial charge >= 0.3 is 4.83 Å². The van der Waals surface area contributed by atoms with Crippen LogP contribution >= 0.6 is 27.5 Å². The lowest BCUT2D eigenvalue weighted by atomic mass is 10.3. The lowest BCUT2D eigenvalue weighted by Gasteiger charge is -2.18. The van der Waals surface area contributed by atoms with Gasteiger partial charge < -0.3 is 4.74 Å². The minimum absolute atomic E-state index is 0.0535. The van der Waals surface area contributed by atoms with Gasteiger partial charge in [-0.05, 0) is 28.9 Å². The lowest BCUT2D eigenvalue weighted by Crippen LogP contribution is -2.31. The van der Waals surface area contributed by atoms with Crippen molar-refractivity contribution in [2.75, 3.05) is 13.2 Å². The Balaban J connectivity index is 4.09. The molecule has 1 unspecified atom stereocenters. The number of hydrogen-bond donors (Lipinski definition) is 0. The summed E-state index contributed by atoms with van der Waals surface area (Å²) in [7, 11) is 0. The van der Waals surface area contributed by atoms with Gasteiger partial charge in [0.1, 0.15) is 0 Å². The van der Waals surface area contributed by atoms with Crippen molar-refractivity contribution in [1.29, 1.82) is 0 Å². The van der Waals surface area contributed by atoms with Crippen molar-refractivity contribution < 1.29 is 17.9 Å². The second-order valence-corrected chi connectivity index (χ2v) is 3.73. The van der Waals surface area contributed by atoms with Crippen LogP contribution in [-0.4, -0.2) is 23.2 Å². The van der Waals surface area contributed by atoms with E-state index in [1.165, 1.54) is 0 Å². The first-order valence-electron chi connectivity index (χ1n) is 3.51. The number of hydrogen-bond acceptors (Lipinski definition) is 1. The van der Waals surface area contributed by atoms with E-state index in [-0.39, 0.29) is 6.61 Å². The molecule has 6 heteroatoms. The Morgan fingerprint density at radius 3 is 2.38 bits per heavy atom. The number of allylic oxidation sites excluding steroid dienone is 1. The fourth-order valence-electron chi connectivity index (χ4n) is 0.477. The molecule has 13 heavy (non-hydrogen) atoms. The van der Waals surface area contributed by atoms with Crippen LogP contribution in [0.4, 0.5) is 13.2 Å². The molecular weight excluding hydrogens is 272 g/mol. The Morgan fingerprint density at radius 2 is 2.00 bits per heavy atom. The minimum Gasteiger partial charge on any atom is -0.378 e. The molecule has 0 aliphatic rings. The second-order valence-electron chi connectivity index (χ2n) is 2.18. The van der Waals surface area contributed by atoms with Gasteiger partial charge in [0.15, 0.2) is 0 Å². The van der Waals surface area contributed by atoms with Crippen molar-refractivity contribution in [2.24, 2.45) is 0 Å². The monoisotopic (exact) mass is 280 g/mol. The summed E-state index contributed by atoms with van der Waals surface area (Å²) in [6, 6.07) is 0. The van der Waals surface area contributed by atoms with Crippen LogP contribution in [-0.2, 0) is 4.74 Å². The summed E-state index contributed by atoms with van der Waals surface area (Å²) in [6.45, 7) is 2.21. The summed E-state index contributed by atoms with van der Waals surface area (Å²) in [5, 5.41) is -3.22. The molecule has 0 N–H and O–H groups in total. The van der Waals surface area contributed by atoms with E-state index in [4.69, 9.17) is 16.3 Å². The van der Waals surface area contributed by atoms with Gasteiger partial charge in [-0.3, -0.25) is 0 Å². The fourth-order valence-corrected chi connectivity index (χ4v) is 0.698. The topological polar surface area (TPSA) is 9.23 Å². The van der Waals surface area contributed by atoms with Gasteiger partial charge in [-0.2, -0.15) is 8.78 Å². The highest BCUT2D eigenvalue weighted by atomic mass is 79.9. The van der Waals surface area contributed by atoms with Gasteiger partial charge in [-0.1, -0.05) is 17.7 Å². The number of alkyl halides is 5. The Hall–Kier alpha value is 0.260. The molecule has 0 fully saturated rings. The van der Waals surface area contributed by atoms with Crippen molar-refractivity contribution >= 4 is 27.5 Å². The van der Waals surface area contributed by atoms with Crippen LogP contribution in [0, 0.1) is 0 Å². The summed E-state index contributed by atoms with van der Waals surface area (Å²) in [6.07, 6.45) is 1.66. The maximum atomic E-state index is 12.9. The van der Waals surface area contributed by atoms with E-state index in [2.05, 4.69) is 0 Å². The molecule has 0 aromatic heterocycles. The van der Waals surface area contributed by atoms with Crippen LogP contribution in [0.3, 0.4) is 0 Å². The van der Waals surface area contributed by atoms with Crippen LogP contribution in [0.25, 0.3) is 0 Å². The molecule has 0 aliphatic carbocycles. The summed E-state index contributed by atoms with van der Waals surface area (Å²) in [4.78, 5) is -3.79. The highest BCUT2D eigenvalue weighted by molar-refractivity contribution is 9.10. The third kappa shape index (κ3) is 4.88. The van der Waals surface area contributed by atoms with Crippen LogP contribution in [0.15, 0.2) is 12.2 Å².